The van der Waals surface area contributed by atoms with Gasteiger partial charge in [-0.15, -0.1) is 0 Å². The van der Waals surface area contributed by atoms with Crippen LogP contribution in [0, 0.1) is 13.8 Å². The van der Waals surface area contributed by atoms with E-state index >= 15 is 0 Å². The highest BCUT2D eigenvalue weighted by Gasteiger charge is 2.11. The molecule has 0 saturated carbocycles. The van der Waals surface area contributed by atoms with Crippen molar-refractivity contribution in [3.05, 3.63) is 77.2 Å². The molecule has 7 nitrogen and oxygen atoms in total. The number of hydrogen-bond donors (Lipinski definition) is 2. The van der Waals surface area contributed by atoms with E-state index in [2.05, 4.69) is 31.4 Å². The number of hydrogen-bond acceptors (Lipinski definition) is 6. The molecule has 1 heterocycles. The molecule has 2 aromatic carbocycles. The van der Waals surface area contributed by atoms with Crippen LogP contribution in [0.4, 0.5) is 17.2 Å². The first-order valence-corrected chi connectivity index (χ1v) is 8.62. The topological polar surface area (TPSA) is 93.2 Å². The maximum Gasteiger partial charge on any atom is 0.337 e. The third-order valence-corrected chi connectivity index (χ3v) is 4.11. The highest BCUT2D eigenvalue weighted by Crippen LogP contribution is 2.20. The van der Waals surface area contributed by atoms with Gasteiger partial charge in [-0.2, -0.15) is 0 Å². The largest absolute Gasteiger partial charge is 0.465 e. The Bertz CT molecular complexity index is 1020. The molecular weight excluding hydrogens is 356 g/mol. The molecule has 0 atom stereocenters. The van der Waals surface area contributed by atoms with E-state index in [0.717, 1.165) is 11.3 Å². The van der Waals surface area contributed by atoms with E-state index in [1.54, 1.807) is 30.3 Å². The number of rotatable bonds is 5. The van der Waals surface area contributed by atoms with Crippen LogP contribution in [0.1, 0.15) is 32.0 Å². The Labute approximate surface area is 162 Å². The zero-order valence-corrected chi connectivity index (χ0v) is 15.8. The van der Waals surface area contributed by atoms with Crippen LogP contribution in [0.5, 0.6) is 0 Å². The number of benzene rings is 2. The molecule has 3 rings (SSSR count). The van der Waals surface area contributed by atoms with Gasteiger partial charge >= 0.3 is 5.97 Å². The average molecular weight is 376 g/mol. The molecule has 0 aliphatic carbocycles. The van der Waals surface area contributed by atoms with Crippen molar-refractivity contribution in [2.24, 2.45) is 0 Å². The summed E-state index contributed by atoms with van der Waals surface area (Å²) in [5, 5.41) is 5.95. The molecule has 0 fully saturated rings. The number of aromatic nitrogens is 2. The Morgan fingerprint density at radius 1 is 0.964 bits per heavy atom. The third-order valence-electron chi connectivity index (χ3n) is 4.11. The molecule has 1 amide bonds. The number of carbonyl (C=O) groups is 2. The van der Waals surface area contributed by atoms with Crippen molar-refractivity contribution < 1.29 is 14.3 Å². The molecule has 28 heavy (non-hydrogen) atoms. The van der Waals surface area contributed by atoms with Crippen LogP contribution < -0.4 is 10.6 Å². The van der Waals surface area contributed by atoms with Crippen LogP contribution in [0.3, 0.4) is 0 Å². The zero-order valence-electron chi connectivity index (χ0n) is 15.8. The van der Waals surface area contributed by atoms with Crippen LogP contribution in [-0.4, -0.2) is 29.0 Å². The van der Waals surface area contributed by atoms with Gasteiger partial charge in [0.05, 0.1) is 12.7 Å². The summed E-state index contributed by atoms with van der Waals surface area (Å²) in [5.74, 6) is -0.291. The molecule has 1 aromatic heterocycles. The summed E-state index contributed by atoms with van der Waals surface area (Å²) >= 11 is 0. The average Bonchev–Trinajstić information content (AvgIpc) is 2.70. The van der Waals surface area contributed by atoms with Gasteiger partial charge in [0.25, 0.3) is 5.91 Å². The van der Waals surface area contributed by atoms with Crippen LogP contribution in [-0.2, 0) is 4.74 Å². The minimum absolute atomic E-state index is 0.222. The second-order valence-electron chi connectivity index (χ2n) is 6.25. The lowest BCUT2D eigenvalue weighted by Crippen LogP contribution is -2.14. The van der Waals surface area contributed by atoms with Crippen LogP contribution in [0.25, 0.3) is 0 Å². The summed E-state index contributed by atoms with van der Waals surface area (Å²) in [7, 11) is 1.32. The van der Waals surface area contributed by atoms with Crippen molar-refractivity contribution in [2.45, 2.75) is 13.8 Å². The number of ether oxygens (including phenoxy) is 1. The normalized spacial score (nSPS) is 10.2. The van der Waals surface area contributed by atoms with Crippen LogP contribution in [0.2, 0.25) is 0 Å². The predicted octanol–water partition coefficient (Wildman–Crippen LogP) is 3.88. The van der Waals surface area contributed by atoms with Crippen molar-refractivity contribution in [2.75, 3.05) is 17.7 Å². The highest BCUT2D eigenvalue weighted by molar-refractivity contribution is 6.03. The zero-order chi connectivity index (χ0) is 20.1. The number of methoxy groups -OCH3 is 1. The molecule has 0 bridgehead atoms. The molecule has 2 N–H and O–H groups in total. The number of carbonyl (C=O) groups excluding carboxylic acids is 2. The molecule has 3 aromatic rings. The first kappa shape index (κ1) is 19.0. The number of nitrogens with zero attached hydrogens (tertiary/aromatic N) is 2. The lowest BCUT2D eigenvalue weighted by molar-refractivity contribution is 0.0600. The number of esters is 1. The summed E-state index contributed by atoms with van der Waals surface area (Å²) in [6.07, 6.45) is 1.33. The summed E-state index contributed by atoms with van der Waals surface area (Å²) in [5.41, 5.74) is 4.33. The van der Waals surface area contributed by atoms with Crippen molar-refractivity contribution in [3.8, 4) is 0 Å². The molecule has 142 valence electrons. The number of anilines is 3. The maximum absolute atomic E-state index is 12.5. The van der Waals surface area contributed by atoms with E-state index < -0.39 is 5.97 Å². The lowest BCUT2D eigenvalue weighted by Gasteiger charge is -2.10. The minimum Gasteiger partial charge on any atom is -0.465 e. The molecule has 0 aliphatic heterocycles. The van der Waals surface area contributed by atoms with Crippen LogP contribution in [0.15, 0.2) is 54.9 Å². The second-order valence-corrected chi connectivity index (χ2v) is 6.25. The van der Waals surface area contributed by atoms with Gasteiger partial charge in [-0.3, -0.25) is 4.79 Å². The molecule has 0 radical (unpaired) electrons. The number of nitrogens with one attached hydrogen (secondary N) is 2. The fraction of sp³-hybridized carbons (Fsp3) is 0.143. The number of aryl methyl sites for hydroxylation is 2. The third kappa shape index (κ3) is 4.50. The van der Waals surface area contributed by atoms with Crippen molar-refractivity contribution in [1.29, 1.82) is 0 Å². The minimum atomic E-state index is -0.434. The molecule has 0 saturated heterocycles. The van der Waals surface area contributed by atoms with Gasteiger partial charge in [0.15, 0.2) is 0 Å². The predicted molar refractivity (Wildman–Crippen MR) is 107 cm³/mol. The van der Waals surface area contributed by atoms with E-state index in [1.807, 2.05) is 26.0 Å². The van der Waals surface area contributed by atoms with E-state index in [-0.39, 0.29) is 11.6 Å². The van der Waals surface area contributed by atoms with E-state index in [9.17, 15) is 9.59 Å². The van der Waals surface area contributed by atoms with Gasteiger partial charge in [0.2, 0.25) is 0 Å². The van der Waals surface area contributed by atoms with Gasteiger partial charge in [-0.05, 0) is 49.7 Å². The van der Waals surface area contributed by atoms with Gasteiger partial charge in [0, 0.05) is 17.4 Å². The van der Waals surface area contributed by atoms with Gasteiger partial charge < -0.3 is 15.4 Å². The molecular formula is C21H20N4O3. The van der Waals surface area contributed by atoms with Crippen molar-refractivity contribution in [3.63, 3.8) is 0 Å². The Kier molecular flexibility index (Phi) is 5.64. The summed E-state index contributed by atoms with van der Waals surface area (Å²) in [6, 6.07) is 14.0. The Balaban J connectivity index is 1.72. The second kappa shape index (κ2) is 8.30. The standard InChI is InChI=1S/C21H20N4O3/c1-13-4-9-17(14(2)10-13)25-19-11-18(22-12-23-19)20(26)24-16-7-5-15(6-8-16)21(27)28-3/h4-12H,1-3H3,(H,24,26)(H,22,23,25). The van der Waals surface area contributed by atoms with Gasteiger partial charge in [-0.1, -0.05) is 17.7 Å². The molecule has 0 aliphatic rings. The molecule has 7 heteroatoms. The first-order valence-electron chi connectivity index (χ1n) is 8.62. The van der Waals surface area contributed by atoms with E-state index in [0.29, 0.717) is 17.1 Å². The monoisotopic (exact) mass is 376 g/mol. The SMILES string of the molecule is COC(=O)c1ccc(NC(=O)c2cc(Nc3ccc(C)cc3C)ncn2)cc1. The first-order chi connectivity index (χ1) is 13.5. The number of amides is 1. The van der Waals surface area contributed by atoms with Crippen molar-refractivity contribution >= 4 is 29.1 Å². The lowest BCUT2D eigenvalue weighted by atomic mass is 10.1. The Morgan fingerprint density at radius 2 is 1.71 bits per heavy atom. The fourth-order valence-electron chi connectivity index (χ4n) is 2.64. The van der Waals surface area contributed by atoms with Gasteiger partial charge in [-0.25, -0.2) is 14.8 Å². The quantitative estimate of drug-likeness (QED) is 0.657. The Morgan fingerprint density at radius 3 is 2.39 bits per heavy atom. The molecule has 0 unspecified atom stereocenters. The summed E-state index contributed by atoms with van der Waals surface area (Å²) in [6.45, 7) is 4.03. The smallest absolute Gasteiger partial charge is 0.337 e. The van der Waals surface area contributed by atoms with Crippen LogP contribution >= 0.6 is 0 Å². The molecule has 0 spiro atoms. The highest BCUT2D eigenvalue weighted by atomic mass is 16.5. The Hall–Kier alpha value is -3.74. The van der Waals surface area contributed by atoms with E-state index in [1.165, 1.54) is 19.0 Å². The van der Waals surface area contributed by atoms with E-state index in [4.69, 9.17) is 0 Å². The van der Waals surface area contributed by atoms with Gasteiger partial charge in [0.1, 0.15) is 17.8 Å². The maximum atomic E-state index is 12.5. The summed E-state index contributed by atoms with van der Waals surface area (Å²) in [4.78, 5) is 32.2. The van der Waals surface area contributed by atoms with Crippen molar-refractivity contribution in [1.82, 2.24) is 9.97 Å². The fourth-order valence-corrected chi connectivity index (χ4v) is 2.64. The summed E-state index contributed by atoms with van der Waals surface area (Å²) < 4.78 is 4.65.